The third-order valence-electron chi connectivity index (χ3n) is 2.94. The number of nitrogens with zero attached hydrogens (tertiary/aromatic N) is 3. The predicted molar refractivity (Wildman–Crippen MR) is 71.6 cm³/mol. The summed E-state index contributed by atoms with van der Waals surface area (Å²) >= 11 is 0. The minimum atomic E-state index is -1.04. The number of hydrazine groups is 1. The minimum absolute atomic E-state index is 0.140. The van der Waals surface area contributed by atoms with E-state index in [2.05, 4.69) is 5.43 Å². The van der Waals surface area contributed by atoms with Crippen LogP contribution in [0, 0.1) is 10.4 Å². The fourth-order valence-electron chi connectivity index (χ4n) is 2.12. The van der Waals surface area contributed by atoms with E-state index in [1.807, 2.05) is 0 Å². The molecule has 104 valence electrons. The fraction of sp³-hybridized carbons (Fsp3) is 0.364. The first-order valence-electron chi connectivity index (χ1n) is 5.99. The maximum atomic E-state index is 13.0. The van der Waals surface area contributed by atoms with Crippen LogP contribution in [0.3, 0.4) is 0 Å². The molecule has 0 radical (unpaired) electrons. The van der Waals surface area contributed by atoms with Crippen LogP contribution in [0.5, 0.6) is 0 Å². The van der Waals surface area contributed by atoms with E-state index in [0.717, 1.165) is 5.12 Å². The Kier molecular flexibility index (Phi) is 3.58. The molecule has 1 atom stereocenters. The molecule has 0 spiro atoms. The van der Waals surface area contributed by atoms with E-state index in [4.69, 9.17) is 10.8 Å². The predicted octanol–water partition coefficient (Wildman–Crippen LogP) is -0.304. The van der Waals surface area contributed by atoms with Crippen LogP contribution in [-0.2, 0) is 0 Å². The van der Waals surface area contributed by atoms with E-state index >= 15 is 0 Å². The van der Waals surface area contributed by atoms with Crippen molar-refractivity contribution >= 4 is 17.3 Å². The van der Waals surface area contributed by atoms with Gasteiger partial charge in [-0.1, -0.05) is 12.1 Å². The third-order valence-corrected chi connectivity index (χ3v) is 2.94. The number of quaternary nitrogens is 1. The molecule has 0 saturated carbocycles. The zero-order valence-corrected chi connectivity index (χ0v) is 10.6. The van der Waals surface area contributed by atoms with E-state index in [-0.39, 0.29) is 30.5 Å². The normalized spacial score (nSPS) is 22.6. The summed E-state index contributed by atoms with van der Waals surface area (Å²) in [5.41, 5.74) is 8.91. The molecule has 0 aromatic heterocycles. The van der Waals surface area contributed by atoms with Gasteiger partial charge in [0.25, 0.3) is 0 Å². The smallest absolute Gasteiger partial charge is 0.419 e. The lowest BCUT2D eigenvalue weighted by Gasteiger charge is -2.46. The van der Waals surface area contributed by atoms with Gasteiger partial charge in [-0.15, -0.1) is 5.43 Å². The monoisotopic (exact) mass is 267 g/mol. The highest BCUT2D eigenvalue weighted by atomic mass is 16.6. The fourth-order valence-corrected chi connectivity index (χ4v) is 2.12. The van der Waals surface area contributed by atoms with Gasteiger partial charge < -0.3 is 15.5 Å². The van der Waals surface area contributed by atoms with Crippen LogP contribution in [0.2, 0.25) is 0 Å². The van der Waals surface area contributed by atoms with Gasteiger partial charge >= 0.3 is 5.96 Å². The summed E-state index contributed by atoms with van der Waals surface area (Å²) in [6, 6.07) is 6.41. The van der Waals surface area contributed by atoms with Gasteiger partial charge in [-0.2, -0.15) is 4.76 Å². The number of para-hydroxylation sites is 2. The summed E-state index contributed by atoms with van der Waals surface area (Å²) in [5, 5.41) is 35.2. The van der Waals surface area contributed by atoms with E-state index in [0.29, 0.717) is 11.3 Å². The van der Waals surface area contributed by atoms with Gasteiger partial charge in [0, 0.05) is 12.6 Å². The van der Waals surface area contributed by atoms with Crippen molar-refractivity contribution in [2.75, 3.05) is 19.7 Å². The number of aliphatic hydroxyl groups is 1. The minimum Gasteiger partial charge on any atom is -0.739 e. The number of nitrogens with one attached hydrogen (secondary N) is 1. The number of fused-ring (bicyclic) bond motifs is 1. The van der Waals surface area contributed by atoms with Crippen LogP contribution in [-0.4, -0.2) is 40.6 Å². The van der Waals surface area contributed by atoms with Crippen molar-refractivity contribution in [1.82, 2.24) is 15.3 Å². The van der Waals surface area contributed by atoms with Crippen molar-refractivity contribution in [3.05, 3.63) is 34.7 Å². The zero-order chi connectivity index (χ0) is 14.0. The molecule has 2 rings (SSSR count). The second-order valence-corrected chi connectivity index (χ2v) is 4.11. The van der Waals surface area contributed by atoms with Gasteiger partial charge in [-0.3, -0.25) is 5.73 Å². The SMILES string of the molecule is CCNN1C(N)=[N+]([O-])c2ccccc2[N+]1([O-])CCO. The Hall–Kier alpha value is -1.87. The quantitative estimate of drug-likeness (QED) is 0.392. The van der Waals surface area contributed by atoms with E-state index in [9.17, 15) is 10.4 Å². The molecule has 8 nitrogen and oxygen atoms in total. The summed E-state index contributed by atoms with van der Waals surface area (Å²) in [7, 11) is 0. The average Bonchev–Trinajstić information content (AvgIpc) is 2.42. The largest absolute Gasteiger partial charge is 0.739 e. The molecule has 0 saturated heterocycles. The Labute approximate surface area is 110 Å². The number of hydrogen-bond acceptors (Lipinski definition) is 6. The summed E-state index contributed by atoms with van der Waals surface area (Å²) in [5.74, 6) is -0.246. The molecular weight excluding hydrogens is 250 g/mol. The molecule has 4 N–H and O–H groups in total. The lowest BCUT2D eigenvalue weighted by Crippen LogP contribution is -2.70. The van der Waals surface area contributed by atoms with Crippen molar-refractivity contribution in [2.45, 2.75) is 6.92 Å². The van der Waals surface area contributed by atoms with Crippen LogP contribution in [0.1, 0.15) is 6.92 Å². The molecule has 19 heavy (non-hydrogen) atoms. The number of hydrogen-bond donors (Lipinski definition) is 3. The number of aliphatic hydroxyl groups excluding tert-OH is 1. The molecule has 0 bridgehead atoms. The molecule has 1 aliphatic rings. The summed E-state index contributed by atoms with van der Waals surface area (Å²) in [6.07, 6.45) is 0. The van der Waals surface area contributed by atoms with Gasteiger partial charge in [-0.05, 0) is 18.1 Å². The van der Waals surface area contributed by atoms with Crippen LogP contribution < -0.4 is 15.9 Å². The van der Waals surface area contributed by atoms with Gasteiger partial charge in [0.2, 0.25) is 5.69 Å². The first kappa shape index (κ1) is 13.6. The molecule has 1 aliphatic heterocycles. The second-order valence-electron chi connectivity index (χ2n) is 4.11. The lowest BCUT2D eigenvalue weighted by molar-refractivity contribution is -0.381. The highest BCUT2D eigenvalue weighted by molar-refractivity contribution is 5.80. The molecule has 0 amide bonds. The van der Waals surface area contributed by atoms with Gasteiger partial charge in [0.1, 0.15) is 6.54 Å². The van der Waals surface area contributed by atoms with E-state index in [1.54, 1.807) is 25.1 Å². The van der Waals surface area contributed by atoms with Crippen LogP contribution in [0.15, 0.2) is 24.3 Å². The molecule has 8 heteroatoms. The van der Waals surface area contributed by atoms with Gasteiger partial charge in [0.05, 0.1) is 6.61 Å². The maximum Gasteiger partial charge on any atom is 0.419 e. The Morgan fingerprint density at radius 2 is 2.16 bits per heavy atom. The first-order chi connectivity index (χ1) is 9.06. The Balaban J connectivity index is 2.62. The lowest BCUT2D eigenvalue weighted by atomic mass is 10.2. The number of rotatable bonds is 4. The average molecular weight is 267 g/mol. The molecule has 1 heterocycles. The van der Waals surface area contributed by atoms with Crippen LogP contribution in [0.4, 0.5) is 11.4 Å². The number of benzene rings is 1. The Morgan fingerprint density at radius 3 is 2.79 bits per heavy atom. The van der Waals surface area contributed by atoms with Crippen molar-refractivity contribution in [3.63, 3.8) is 0 Å². The number of guanidine groups is 1. The molecule has 1 unspecified atom stereocenters. The summed E-state index contributed by atoms with van der Waals surface area (Å²) < 4.78 is -0.533. The molecule has 0 aliphatic carbocycles. The molecule has 0 fully saturated rings. The zero-order valence-electron chi connectivity index (χ0n) is 10.6. The maximum absolute atomic E-state index is 13.0. The summed E-state index contributed by atoms with van der Waals surface area (Å²) in [4.78, 5) is 0. The molecule has 1 aromatic rings. The standard InChI is InChI=1S/C11H17N5O3/c1-2-13-15-11(12)14(18)9-5-3-4-6-10(9)16(15,19)7-8-17/h3-6,13,17H,2,7-8,12H2,1H3. The van der Waals surface area contributed by atoms with E-state index in [1.165, 1.54) is 6.07 Å². The number of hydroxylamine groups is 1. The van der Waals surface area contributed by atoms with Crippen molar-refractivity contribution in [2.24, 2.45) is 5.73 Å². The van der Waals surface area contributed by atoms with Crippen molar-refractivity contribution in [1.29, 1.82) is 0 Å². The highest BCUT2D eigenvalue weighted by Gasteiger charge is 2.43. The van der Waals surface area contributed by atoms with Crippen molar-refractivity contribution < 1.29 is 9.85 Å². The van der Waals surface area contributed by atoms with Crippen LogP contribution in [0.25, 0.3) is 0 Å². The highest BCUT2D eigenvalue weighted by Crippen LogP contribution is 2.36. The van der Waals surface area contributed by atoms with Crippen LogP contribution >= 0.6 is 0 Å². The number of nitrogens with two attached hydrogens (primary N) is 1. The molecular formula is C11H17N5O3. The molecule has 1 aromatic carbocycles. The Bertz CT molecular complexity index is 507. The Morgan fingerprint density at radius 1 is 1.47 bits per heavy atom. The van der Waals surface area contributed by atoms with Gasteiger partial charge in [0.15, 0.2) is 5.69 Å². The van der Waals surface area contributed by atoms with Gasteiger partial charge in [-0.25, -0.2) is 4.74 Å². The topological polar surface area (TPSA) is 111 Å². The second kappa shape index (κ2) is 5.02. The van der Waals surface area contributed by atoms with E-state index < -0.39 is 4.76 Å². The van der Waals surface area contributed by atoms with Crippen molar-refractivity contribution in [3.8, 4) is 0 Å². The first-order valence-corrected chi connectivity index (χ1v) is 5.99. The third kappa shape index (κ3) is 2.00. The summed E-state index contributed by atoms with van der Waals surface area (Å²) in [6.45, 7) is 1.74.